The number of nitrogens with zero attached hydrogens (tertiary/aromatic N) is 1. The van der Waals surface area contributed by atoms with E-state index in [1.165, 1.54) is 23.9 Å². The van der Waals surface area contributed by atoms with Gasteiger partial charge in [-0.3, -0.25) is 4.99 Å². The van der Waals surface area contributed by atoms with Crippen molar-refractivity contribution in [3.63, 3.8) is 0 Å². The van der Waals surface area contributed by atoms with Crippen LogP contribution in [-0.2, 0) is 0 Å². The lowest BCUT2D eigenvalue weighted by molar-refractivity contribution is 0.507. The summed E-state index contributed by atoms with van der Waals surface area (Å²) in [6.45, 7) is 4.01. The normalized spacial score (nSPS) is 18.4. The van der Waals surface area contributed by atoms with Gasteiger partial charge in [-0.05, 0) is 32.4 Å². The Kier molecular flexibility index (Phi) is 3.96. The lowest BCUT2D eigenvalue weighted by Crippen LogP contribution is -2.27. The molecule has 1 aliphatic rings. The molecule has 0 bridgehead atoms. The van der Waals surface area contributed by atoms with E-state index in [2.05, 4.69) is 26.2 Å². The summed E-state index contributed by atoms with van der Waals surface area (Å²) in [7, 11) is 0. The van der Waals surface area contributed by atoms with E-state index in [-0.39, 0.29) is 11.2 Å². The molecule has 1 aromatic rings. The summed E-state index contributed by atoms with van der Waals surface area (Å²) in [5.74, 6) is -0.374. The van der Waals surface area contributed by atoms with Gasteiger partial charge in [0.25, 0.3) is 0 Å². The van der Waals surface area contributed by atoms with Gasteiger partial charge in [0.2, 0.25) is 0 Å². The second-order valence-electron chi connectivity index (χ2n) is 4.70. The average molecular weight is 335 g/mol. The van der Waals surface area contributed by atoms with Crippen LogP contribution in [0.2, 0.25) is 0 Å². The van der Waals surface area contributed by atoms with Gasteiger partial charge in [-0.1, -0.05) is 27.7 Å². The fraction of sp³-hybridized carbons (Fsp3) is 0.417. The fourth-order valence-corrected chi connectivity index (χ4v) is 3.28. The zero-order chi connectivity index (χ0) is 13.3. The number of halogens is 3. The molecular weight excluding hydrogens is 322 g/mol. The number of amidine groups is 1. The molecule has 18 heavy (non-hydrogen) atoms. The number of nitrogens with one attached hydrogen (secondary N) is 1. The number of anilines is 1. The molecule has 1 heterocycles. The van der Waals surface area contributed by atoms with Gasteiger partial charge in [0.05, 0.1) is 5.54 Å². The van der Waals surface area contributed by atoms with Gasteiger partial charge in [-0.15, -0.1) is 0 Å². The van der Waals surface area contributed by atoms with E-state index in [9.17, 15) is 8.78 Å². The second-order valence-corrected chi connectivity index (χ2v) is 6.70. The number of benzene rings is 1. The van der Waals surface area contributed by atoms with Crippen molar-refractivity contribution in [2.75, 3.05) is 11.1 Å². The van der Waals surface area contributed by atoms with Crippen molar-refractivity contribution in [3.05, 3.63) is 28.2 Å². The smallest absolute Gasteiger partial charge is 0.161 e. The van der Waals surface area contributed by atoms with E-state index in [1.54, 1.807) is 0 Å². The highest BCUT2D eigenvalue weighted by Gasteiger charge is 2.23. The maximum Gasteiger partial charge on any atom is 0.161 e. The van der Waals surface area contributed by atoms with Crippen molar-refractivity contribution in [2.24, 2.45) is 4.99 Å². The molecule has 0 unspecified atom stereocenters. The highest BCUT2D eigenvalue weighted by molar-refractivity contribution is 9.10. The Hall–Kier alpha value is -0.620. The summed E-state index contributed by atoms with van der Waals surface area (Å²) < 4.78 is 27.7. The van der Waals surface area contributed by atoms with Crippen LogP contribution in [0.15, 0.2) is 21.6 Å². The maximum absolute atomic E-state index is 13.7. The van der Waals surface area contributed by atoms with Crippen LogP contribution in [0.25, 0.3) is 0 Å². The Bertz CT molecular complexity index is 480. The molecule has 0 atom stereocenters. The molecule has 0 aliphatic carbocycles. The summed E-state index contributed by atoms with van der Waals surface area (Å²) in [4.78, 5) is 4.44. The number of aliphatic imine (C=N–C) groups is 1. The van der Waals surface area contributed by atoms with E-state index >= 15 is 0 Å². The van der Waals surface area contributed by atoms with E-state index in [1.807, 2.05) is 13.8 Å². The molecule has 0 spiro atoms. The van der Waals surface area contributed by atoms with Gasteiger partial charge < -0.3 is 5.32 Å². The average Bonchev–Trinajstić information content (AvgIpc) is 2.22. The number of hydrogen-bond donors (Lipinski definition) is 1. The summed E-state index contributed by atoms with van der Waals surface area (Å²) in [6, 6.07) is 2.45. The zero-order valence-corrected chi connectivity index (χ0v) is 12.5. The molecule has 98 valence electrons. The predicted molar refractivity (Wildman–Crippen MR) is 76.3 cm³/mol. The molecule has 0 aromatic heterocycles. The minimum atomic E-state index is -0.631. The van der Waals surface area contributed by atoms with Crippen molar-refractivity contribution < 1.29 is 8.78 Å². The summed E-state index contributed by atoms with van der Waals surface area (Å²) in [5, 5.41) is 3.30. The third-order valence-corrected chi connectivity index (χ3v) is 3.93. The first kappa shape index (κ1) is 13.8. The van der Waals surface area contributed by atoms with Gasteiger partial charge in [-0.2, -0.15) is 0 Å². The molecule has 0 radical (unpaired) electrons. The van der Waals surface area contributed by atoms with Crippen LogP contribution in [0.3, 0.4) is 0 Å². The number of rotatable bonds is 1. The molecule has 1 aromatic carbocycles. The van der Waals surface area contributed by atoms with E-state index in [0.29, 0.717) is 9.64 Å². The van der Waals surface area contributed by atoms with Gasteiger partial charge in [0.1, 0.15) is 5.69 Å². The van der Waals surface area contributed by atoms with Gasteiger partial charge >= 0.3 is 0 Å². The Balaban J connectivity index is 2.27. The van der Waals surface area contributed by atoms with Crippen LogP contribution in [0.1, 0.15) is 20.3 Å². The van der Waals surface area contributed by atoms with E-state index < -0.39 is 11.6 Å². The highest BCUT2D eigenvalue weighted by Crippen LogP contribution is 2.29. The van der Waals surface area contributed by atoms with Gasteiger partial charge in [0.15, 0.2) is 16.8 Å². The van der Waals surface area contributed by atoms with Crippen LogP contribution in [-0.4, -0.2) is 16.5 Å². The molecular formula is C12H13BrF2N2S. The van der Waals surface area contributed by atoms with Crippen molar-refractivity contribution in [1.82, 2.24) is 0 Å². The van der Waals surface area contributed by atoms with Crippen molar-refractivity contribution in [1.29, 1.82) is 0 Å². The molecule has 1 N–H and O–H groups in total. The van der Waals surface area contributed by atoms with Crippen LogP contribution in [0.4, 0.5) is 14.5 Å². The first-order valence-electron chi connectivity index (χ1n) is 5.52. The third kappa shape index (κ3) is 3.23. The van der Waals surface area contributed by atoms with Gasteiger partial charge in [0, 0.05) is 10.2 Å². The lowest BCUT2D eigenvalue weighted by Gasteiger charge is -2.26. The van der Waals surface area contributed by atoms with Crippen LogP contribution >= 0.6 is 27.7 Å². The van der Waals surface area contributed by atoms with Crippen LogP contribution in [0, 0.1) is 11.6 Å². The first-order chi connectivity index (χ1) is 8.37. The molecule has 2 nitrogen and oxygen atoms in total. The Morgan fingerprint density at radius 2 is 1.94 bits per heavy atom. The van der Waals surface area contributed by atoms with Gasteiger partial charge in [-0.25, -0.2) is 8.78 Å². The van der Waals surface area contributed by atoms with Crippen LogP contribution in [0.5, 0.6) is 0 Å². The monoisotopic (exact) mass is 334 g/mol. The molecule has 0 saturated heterocycles. The van der Waals surface area contributed by atoms with Crippen molar-refractivity contribution >= 4 is 38.5 Å². The minimum Gasteiger partial charge on any atom is -0.330 e. The standard InChI is InChI=1S/C12H13BrF2N2S/c1-12(2)3-4-18-11(17-12)16-10-8(14)5-7(13)6-9(10)15/h5-6H,3-4H2,1-2H3,(H,16,17). The molecule has 6 heteroatoms. The molecule has 1 aliphatic heterocycles. The van der Waals surface area contributed by atoms with Crippen LogP contribution < -0.4 is 5.32 Å². The topological polar surface area (TPSA) is 24.4 Å². The Morgan fingerprint density at radius 3 is 2.50 bits per heavy atom. The third-order valence-electron chi connectivity index (χ3n) is 2.60. The quantitative estimate of drug-likeness (QED) is 0.822. The van der Waals surface area contributed by atoms with E-state index in [4.69, 9.17) is 0 Å². The van der Waals surface area contributed by atoms with Crippen molar-refractivity contribution in [3.8, 4) is 0 Å². The maximum atomic E-state index is 13.7. The Morgan fingerprint density at radius 1 is 1.33 bits per heavy atom. The number of thioether (sulfide) groups is 1. The minimum absolute atomic E-state index is 0.151. The molecule has 0 saturated carbocycles. The summed E-state index contributed by atoms with van der Waals surface area (Å²) >= 11 is 4.52. The summed E-state index contributed by atoms with van der Waals surface area (Å²) in [6.07, 6.45) is 0.953. The van der Waals surface area contributed by atoms with Crippen molar-refractivity contribution in [2.45, 2.75) is 25.8 Å². The Labute approximate surface area is 117 Å². The highest BCUT2D eigenvalue weighted by atomic mass is 79.9. The second kappa shape index (κ2) is 5.17. The first-order valence-corrected chi connectivity index (χ1v) is 7.29. The van der Waals surface area contributed by atoms with E-state index in [0.717, 1.165) is 12.2 Å². The molecule has 2 rings (SSSR count). The fourth-order valence-electron chi connectivity index (χ4n) is 1.59. The summed E-state index contributed by atoms with van der Waals surface area (Å²) in [5.41, 5.74) is -0.335. The molecule has 0 fully saturated rings. The molecule has 0 amide bonds. The zero-order valence-electron chi connectivity index (χ0n) is 10.1. The largest absolute Gasteiger partial charge is 0.330 e. The predicted octanol–water partition coefficient (Wildman–Crippen LogP) is 4.41. The SMILES string of the molecule is CC1(C)CCSC(Nc2c(F)cc(Br)cc2F)=N1. The number of hydrogen-bond acceptors (Lipinski definition) is 3. The lowest BCUT2D eigenvalue weighted by atomic mass is 10.0.